The number of imidazole rings is 1. The smallest absolute Gasteiger partial charge is 0.284 e. The number of carbonyl (C=O) groups excluding carboxylic acids is 1. The van der Waals surface area contributed by atoms with E-state index in [1.54, 1.807) is 17.0 Å². The Morgan fingerprint density at radius 2 is 2.21 bits per heavy atom. The zero-order valence-corrected chi connectivity index (χ0v) is 8.02. The van der Waals surface area contributed by atoms with Gasteiger partial charge in [-0.25, -0.2) is 4.98 Å². The van der Waals surface area contributed by atoms with Gasteiger partial charge in [-0.1, -0.05) is 0 Å². The molecule has 1 amide bonds. The number of aromatic nitrogens is 2. The van der Waals surface area contributed by atoms with E-state index in [9.17, 15) is 4.79 Å². The molecule has 0 saturated carbocycles. The molecule has 76 valence electrons. The van der Waals surface area contributed by atoms with Gasteiger partial charge in [0.2, 0.25) is 0 Å². The second-order valence-electron chi connectivity index (χ2n) is 3.55. The Bertz CT molecular complexity index is 327. The number of primary amides is 1. The summed E-state index contributed by atoms with van der Waals surface area (Å²) in [4.78, 5) is 17.2. The molecule has 14 heavy (non-hydrogen) atoms. The van der Waals surface area contributed by atoms with Gasteiger partial charge in [-0.05, 0) is 25.9 Å². The summed E-state index contributed by atoms with van der Waals surface area (Å²) < 4.78 is 1.80. The van der Waals surface area contributed by atoms with Crippen molar-refractivity contribution in [3.63, 3.8) is 0 Å². The molecule has 1 fully saturated rings. The topological polar surface area (TPSA) is 64.2 Å². The highest BCUT2D eigenvalue weighted by molar-refractivity contribution is 5.89. The number of rotatable bonds is 3. The van der Waals surface area contributed by atoms with Crippen molar-refractivity contribution in [3.05, 3.63) is 18.2 Å². The number of nitrogens with zero attached hydrogens (tertiary/aromatic N) is 3. The molecular weight excluding hydrogens is 180 g/mol. The van der Waals surface area contributed by atoms with Crippen LogP contribution >= 0.6 is 0 Å². The molecule has 0 atom stereocenters. The van der Waals surface area contributed by atoms with Crippen LogP contribution in [0.25, 0.3) is 0 Å². The lowest BCUT2D eigenvalue weighted by atomic mass is 10.4. The molecule has 2 rings (SSSR count). The number of hydrogen-bond acceptors (Lipinski definition) is 3. The minimum Gasteiger partial charge on any atom is -0.363 e. The lowest BCUT2D eigenvalue weighted by Gasteiger charge is -2.15. The van der Waals surface area contributed by atoms with Crippen LogP contribution in [-0.2, 0) is 6.67 Å². The second kappa shape index (κ2) is 3.79. The van der Waals surface area contributed by atoms with Gasteiger partial charge in [0.15, 0.2) is 5.82 Å². The first-order valence-electron chi connectivity index (χ1n) is 4.80. The Kier molecular flexibility index (Phi) is 2.49. The van der Waals surface area contributed by atoms with Gasteiger partial charge in [0, 0.05) is 12.4 Å². The van der Waals surface area contributed by atoms with Crippen molar-refractivity contribution >= 4 is 5.91 Å². The second-order valence-corrected chi connectivity index (χ2v) is 3.55. The first kappa shape index (κ1) is 9.21. The van der Waals surface area contributed by atoms with Crippen LogP contribution in [0.3, 0.4) is 0 Å². The maximum Gasteiger partial charge on any atom is 0.284 e. The third-order valence-electron chi connectivity index (χ3n) is 2.49. The van der Waals surface area contributed by atoms with E-state index in [4.69, 9.17) is 5.73 Å². The number of amides is 1. The van der Waals surface area contributed by atoms with E-state index >= 15 is 0 Å². The third-order valence-corrected chi connectivity index (χ3v) is 2.49. The van der Waals surface area contributed by atoms with Crippen LogP contribution in [0.5, 0.6) is 0 Å². The maximum atomic E-state index is 11.0. The molecule has 5 nitrogen and oxygen atoms in total. The van der Waals surface area contributed by atoms with Gasteiger partial charge in [-0.3, -0.25) is 9.69 Å². The fourth-order valence-corrected chi connectivity index (χ4v) is 1.79. The Balaban J connectivity index is 2.07. The fraction of sp³-hybridized carbons (Fsp3) is 0.556. The number of nitrogens with two attached hydrogens (primary N) is 1. The highest BCUT2D eigenvalue weighted by Crippen LogP contribution is 2.09. The van der Waals surface area contributed by atoms with Gasteiger partial charge in [0.1, 0.15) is 0 Å². The summed E-state index contributed by atoms with van der Waals surface area (Å²) >= 11 is 0. The zero-order chi connectivity index (χ0) is 9.97. The first-order valence-corrected chi connectivity index (χ1v) is 4.80. The minimum absolute atomic E-state index is 0.344. The Hall–Kier alpha value is -1.36. The van der Waals surface area contributed by atoms with E-state index in [1.165, 1.54) is 12.8 Å². The van der Waals surface area contributed by atoms with Crippen LogP contribution < -0.4 is 5.73 Å². The SMILES string of the molecule is NC(=O)c1nccn1CN1CCCC1. The van der Waals surface area contributed by atoms with E-state index in [-0.39, 0.29) is 0 Å². The van der Waals surface area contributed by atoms with Crippen LogP contribution in [0.2, 0.25) is 0 Å². The first-order chi connectivity index (χ1) is 6.77. The highest BCUT2D eigenvalue weighted by atomic mass is 16.1. The molecule has 0 bridgehead atoms. The molecule has 1 aromatic rings. The van der Waals surface area contributed by atoms with Crippen molar-refractivity contribution in [3.8, 4) is 0 Å². The quantitative estimate of drug-likeness (QED) is 0.738. The number of likely N-dealkylation sites (tertiary alicyclic amines) is 1. The molecule has 1 aromatic heterocycles. The fourth-order valence-electron chi connectivity index (χ4n) is 1.79. The predicted octanol–water partition coefficient (Wildman–Crippen LogP) is 0.0353. The predicted molar refractivity (Wildman–Crippen MR) is 51.6 cm³/mol. The molecule has 2 N–H and O–H groups in total. The maximum absolute atomic E-state index is 11.0. The van der Waals surface area contributed by atoms with Gasteiger partial charge in [0.25, 0.3) is 5.91 Å². The summed E-state index contributed by atoms with van der Waals surface area (Å²) in [5, 5.41) is 0. The van der Waals surface area contributed by atoms with Crippen molar-refractivity contribution in [1.29, 1.82) is 0 Å². The van der Waals surface area contributed by atoms with Gasteiger partial charge in [0.05, 0.1) is 6.67 Å². The van der Waals surface area contributed by atoms with E-state index in [2.05, 4.69) is 9.88 Å². The molecule has 1 aliphatic heterocycles. The summed E-state index contributed by atoms with van der Waals surface area (Å²) in [7, 11) is 0. The van der Waals surface area contributed by atoms with E-state index < -0.39 is 5.91 Å². The van der Waals surface area contributed by atoms with Gasteiger partial charge in [-0.2, -0.15) is 0 Å². The molecule has 0 unspecified atom stereocenters. The normalized spacial score (nSPS) is 17.4. The average molecular weight is 194 g/mol. The Labute approximate surface area is 82.5 Å². The summed E-state index contributed by atoms with van der Waals surface area (Å²) in [6.45, 7) is 2.91. The molecule has 0 aromatic carbocycles. The van der Waals surface area contributed by atoms with Crippen LogP contribution in [-0.4, -0.2) is 33.4 Å². The average Bonchev–Trinajstić information content (AvgIpc) is 2.75. The van der Waals surface area contributed by atoms with E-state index in [0.29, 0.717) is 5.82 Å². The van der Waals surface area contributed by atoms with Gasteiger partial charge >= 0.3 is 0 Å². The molecule has 1 saturated heterocycles. The molecule has 0 radical (unpaired) electrons. The summed E-state index contributed by atoms with van der Waals surface area (Å²) in [6, 6.07) is 0. The highest BCUT2D eigenvalue weighted by Gasteiger charge is 2.15. The molecule has 2 heterocycles. The molecule has 0 spiro atoms. The standard InChI is InChI=1S/C9H14N4O/c10-8(14)9-11-3-6-13(9)7-12-4-1-2-5-12/h3,6H,1-2,4-5,7H2,(H2,10,14). The Morgan fingerprint density at radius 1 is 1.50 bits per heavy atom. The van der Waals surface area contributed by atoms with Crippen LogP contribution in [0.15, 0.2) is 12.4 Å². The van der Waals surface area contributed by atoms with Crippen LogP contribution in [0.4, 0.5) is 0 Å². The summed E-state index contributed by atoms with van der Waals surface area (Å²) in [5.41, 5.74) is 5.19. The monoisotopic (exact) mass is 194 g/mol. The van der Waals surface area contributed by atoms with Gasteiger partial charge < -0.3 is 10.3 Å². The van der Waals surface area contributed by atoms with Crippen LogP contribution in [0, 0.1) is 0 Å². The zero-order valence-electron chi connectivity index (χ0n) is 8.02. The number of hydrogen-bond donors (Lipinski definition) is 1. The number of carbonyl (C=O) groups is 1. The van der Waals surface area contributed by atoms with Crippen molar-refractivity contribution in [2.45, 2.75) is 19.5 Å². The lowest BCUT2D eigenvalue weighted by molar-refractivity contribution is 0.0981. The minimum atomic E-state index is -0.464. The van der Waals surface area contributed by atoms with E-state index in [0.717, 1.165) is 19.8 Å². The largest absolute Gasteiger partial charge is 0.363 e. The Morgan fingerprint density at radius 3 is 2.86 bits per heavy atom. The third kappa shape index (κ3) is 1.77. The van der Waals surface area contributed by atoms with Crippen molar-refractivity contribution in [2.75, 3.05) is 13.1 Å². The summed E-state index contributed by atoms with van der Waals surface area (Å²) in [6.07, 6.45) is 5.87. The summed E-state index contributed by atoms with van der Waals surface area (Å²) in [5.74, 6) is -0.119. The van der Waals surface area contributed by atoms with Crippen molar-refractivity contribution in [1.82, 2.24) is 14.5 Å². The van der Waals surface area contributed by atoms with Gasteiger partial charge in [-0.15, -0.1) is 0 Å². The van der Waals surface area contributed by atoms with E-state index in [1.807, 2.05) is 0 Å². The van der Waals surface area contributed by atoms with Crippen molar-refractivity contribution < 1.29 is 4.79 Å². The molecule has 0 aliphatic carbocycles. The lowest BCUT2D eigenvalue weighted by Crippen LogP contribution is -2.26. The van der Waals surface area contributed by atoms with Crippen LogP contribution in [0.1, 0.15) is 23.5 Å². The molecule has 5 heteroatoms. The van der Waals surface area contributed by atoms with Crippen molar-refractivity contribution in [2.24, 2.45) is 5.73 Å². The molecular formula is C9H14N4O. The molecule has 1 aliphatic rings.